The van der Waals surface area contributed by atoms with Crippen LogP contribution in [0, 0.1) is 0 Å². The normalized spacial score (nSPS) is 20.0. The molecule has 1 spiro atoms. The van der Waals surface area contributed by atoms with Crippen molar-refractivity contribution in [3.8, 4) is 0 Å². The number of allylic oxidation sites excluding steroid dienone is 1. The number of anilines is 2. The van der Waals surface area contributed by atoms with Crippen LogP contribution < -0.4 is 9.91 Å². The number of fused-ring (bicyclic) bond motifs is 1. The van der Waals surface area contributed by atoms with Crippen LogP contribution in [0.5, 0.6) is 0 Å². The molecule has 4 aromatic rings. The summed E-state index contributed by atoms with van der Waals surface area (Å²) >= 11 is 2.85. The predicted molar refractivity (Wildman–Crippen MR) is 149 cm³/mol. The highest BCUT2D eigenvalue weighted by Gasteiger charge is 2.56. The molecular weight excluding hydrogens is 529 g/mol. The fourth-order valence-corrected chi connectivity index (χ4v) is 7.38. The van der Waals surface area contributed by atoms with Crippen LogP contribution in [0.3, 0.4) is 0 Å². The van der Waals surface area contributed by atoms with E-state index in [1.54, 1.807) is 22.0 Å². The fourth-order valence-electron chi connectivity index (χ4n) is 4.44. The van der Waals surface area contributed by atoms with Gasteiger partial charge in [-0.15, -0.1) is 0 Å². The average Bonchev–Trinajstić information content (AvgIpc) is 3.58. The van der Waals surface area contributed by atoms with Gasteiger partial charge in [0.15, 0.2) is 10.1 Å². The van der Waals surface area contributed by atoms with Crippen molar-refractivity contribution in [3.63, 3.8) is 0 Å². The first-order chi connectivity index (χ1) is 17.8. The van der Waals surface area contributed by atoms with Crippen molar-refractivity contribution in [2.75, 3.05) is 15.7 Å². The Morgan fingerprint density at radius 2 is 1.76 bits per heavy atom. The maximum Gasteiger partial charge on any atom is 0.294 e. The van der Waals surface area contributed by atoms with Crippen LogP contribution in [0.15, 0.2) is 94.9 Å². The predicted octanol–water partition coefficient (Wildman–Crippen LogP) is 5.26. The first kappa shape index (κ1) is 23.9. The topological polar surface area (TPSA) is 103 Å². The second-order valence-electron chi connectivity index (χ2n) is 8.52. The molecule has 1 aromatic heterocycles. The van der Waals surface area contributed by atoms with Gasteiger partial charge < -0.3 is 0 Å². The Morgan fingerprint density at radius 1 is 0.973 bits per heavy atom. The Bertz CT molecular complexity index is 1650. The lowest BCUT2D eigenvalue weighted by Crippen LogP contribution is -2.53. The van der Waals surface area contributed by atoms with Crippen LogP contribution in [-0.2, 0) is 14.9 Å². The van der Waals surface area contributed by atoms with E-state index in [4.69, 9.17) is 10.1 Å². The molecule has 0 radical (unpaired) electrons. The van der Waals surface area contributed by atoms with Crippen LogP contribution in [0.2, 0.25) is 0 Å². The van der Waals surface area contributed by atoms with Crippen molar-refractivity contribution in [2.45, 2.75) is 16.3 Å². The molecule has 1 N–H and O–H groups in total. The molecule has 3 heterocycles. The van der Waals surface area contributed by atoms with E-state index in [0.717, 1.165) is 21.5 Å². The van der Waals surface area contributed by atoms with Gasteiger partial charge in [-0.2, -0.15) is 13.5 Å². The van der Waals surface area contributed by atoms with E-state index < -0.39 is 15.1 Å². The number of nitrogens with zero attached hydrogens (tertiary/aromatic N) is 4. The van der Waals surface area contributed by atoms with Crippen molar-refractivity contribution in [3.05, 3.63) is 90.5 Å². The molecule has 186 valence electrons. The van der Waals surface area contributed by atoms with Crippen LogP contribution in [0.25, 0.3) is 16.3 Å². The molecule has 8 nitrogen and oxygen atoms in total. The molecule has 0 aliphatic carbocycles. The van der Waals surface area contributed by atoms with Crippen LogP contribution in [0.4, 0.5) is 10.8 Å². The molecule has 1 atom stereocenters. The van der Waals surface area contributed by atoms with Crippen molar-refractivity contribution in [2.24, 2.45) is 5.10 Å². The minimum Gasteiger partial charge on any atom is -0.282 e. The third-order valence-electron chi connectivity index (χ3n) is 6.10. The minimum absolute atomic E-state index is 0.108. The van der Waals surface area contributed by atoms with Gasteiger partial charge in [0.2, 0.25) is 5.91 Å². The number of thiazole rings is 1. The van der Waals surface area contributed by atoms with Gasteiger partial charge in [0, 0.05) is 6.42 Å². The SMILES string of the molecule is O=C1CSC2(CC(C=Cc3ccccc3)=NN2c2cccc(S(=O)(=O)O)c2)N1c1nc2ccccc2s1. The Balaban J connectivity index is 1.48. The molecule has 0 saturated carbocycles. The zero-order valence-electron chi connectivity index (χ0n) is 19.3. The quantitative estimate of drug-likeness (QED) is 0.340. The van der Waals surface area contributed by atoms with Gasteiger partial charge in [0.1, 0.15) is 0 Å². The number of amides is 1. The zero-order chi connectivity index (χ0) is 25.6. The summed E-state index contributed by atoms with van der Waals surface area (Å²) < 4.78 is 34.4. The summed E-state index contributed by atoms with van der Waals surface area (Å²) in [5, 5.41) is 7.07. The molecule has 1 unspecified atom stereocenters. The number of rotatable bonds is 5. The van der Waals surface area contributed by atoms with Crippen LogP contribution in [0.1, 0.15) is 12.0 Å². The van der Waals surface area contributed by atoms with E-state index in [1.807, 2.05) is 66.7 Å². The number of carbonyl (C=O) groups excluding carboxylic acids is 1. The van der Waals surface area contributed by atoms with Crippen LogP contribution >= 0.6 is 23.1 Å². The molecule has 0 bridgehead atoms. The number of para-hydroxylation sites is 1. The number of benzene rings is 3. The van der Waals surface area contributed by atoms with Gasteiger partial charge in [0.25, 0.3) is 10.1 Å². The average molecular weight is 549 g/mol. The van der Waals surface area contributed by atoms with Crippen molar-refractivity contribution in [1.82, 2.24) is 4.98 Å². The highest BCUT2D eigenvalue weighted by atomic mass is 32.2. The molecule has 2 aliphatic rings. The number of hydrazone groups is 1. The van der Waals surface area contributed by atoms with E-state index in [-0.39, 0.29) is 16.6 Å². The monoisotopic (exact) mass is 548 g/mol. The maximum atomic E-state index is 13.3. The van der Waals surface area contributed by atoms with Crippen LogP contribution in [-0.4, -0.2) is 40.3 Å². The van der Waals surface area contributed by atoms with Crippen molar-refractivity contribution in [1.29, 1.82) is 0 Å². The molecule has 1 amide bonds. The fraction of sp³-hybridized carbons (Fsp3) is 0.115. The Labute approximate surface area is 221 Å². The van der Waals surface area contributed by atoms with Gasteiger partial charge in [-0.1, -0.05) is 77.7 Å². The number of aromatic nitrogens is 1. The summed E-state index contributed by atoms with van der Waals surface area (Å²) in [7, 11) is -4.43. The lowest BCUT2D eigenvalue weighted by Gasteiger charge is -2.39. The first-order valence-electron chi connectivity index (χ1n) is 11.3. The highest BCUT2D eigenvalue weighted by Crippen LogP contribution is 2.51. The number of hydrogen-bond donors (Lipinski definition) is 1. The molecular formula is C26H20N4O4S3. The smallest absolute Gasteiger partial charge is 0.282 e. The molecule has 11 heteroatoms. The summed E-state index contributed by atoms with van der Waals surface area (Å²) in [4.78, 5) is 18.5. The standard InChI is InChI=1S/C26H20N4O4S3/c31-24-17-35-26(29(24)25-27-22-11-4-5-12-23(22)36-25)16-19(14-13-18-7-2-1-3-8-18)28-30(26)20-9-6-10-21(15-20)37(32,33)34/h1-15H,16-17H2,(H,32,33,34). The van der Waals surface area contributed by atoms with Gasteiger partial charge in [-0.25, -0.2) is 9.99 Å². The van der Waals surface area contributed by atoms with E-state index in [1.165, 1.54) is 35.2 Å². The molecule has 1 fully saturated rings. The third-order valence-corrected chi connectivity index (χ3v) is 9.32. The lowest BCUT2D eigenvalue weighted by atomic mass is 10.1. The van der Waals surface area contributed by atoms with E-state index in [9.17, 15) is 17.8 Å². The van der Waals surface area contributed by atoms with E-state index in [0.29, 0.717) is 17.2 Å². The molecule has 6 rings (SSSR count). The molecule has 3 aromatic carbocycles. The van der Waals surface area contributed by atoms with Gasteiger partial charge in [-0.3, -0.25) is 14.2 Å². The van der Waals surface area contributed by atoms with E-state index >= 15 is 0 Å². The second kappa shape index (κ2) is 9.10. The largest absolute Gasteiger partial charge is 0.294 e. The summed E-state index contributed by atoms with van der Waals surface area (Å²) in [6.45, 7) is 0. The summed E-state index contributed by atoms with van der Waals surface area (Å²) in [5.74, 6) is 0.110. The minimum atomic E-state index is -4.43. The maximum absolute atomic E-state index is 13.3. The Hall–Kier alpha value is -3.51. The number of thioether (sulfide) groups is 1. The summed E-state index contributed by atoms with van der Waals surface area (Å²) in [5.41, 5.74) is 2.95. The lowest BCUT2D eigenvalue weighted by molar-refractivity contribution is -0.116. The molecule has 37 heavy (non-hydrogen) atoms. The van der Waals surface area contributed by atoms with Gasteiger partial charge in [0.05, 0.1) is 32.3 Å². The molecule has 2 aliphatic heterocycles. The summed E-state index contributed by atoms with van der Waals surface area (Å²) in [6.07, 6.45) is 4.25. The number of carbonyl (C=O) groups is 1. The van der Waals surface area contributed by atoms with Gasteiger partial charge >= 0.3 is 0 Å². The first-order valence-corrected chi connectivity index (χ1v) is 14.6. The summed E-state index contributed by atoms with van der Waals surface area (Å²) in [6, 6.07) is 23.4. The van der Waals surface area contributed by atoms with Crippen molar-refractivity contribution < 1.29 is 17.8 Å². The highest BCUT2D eigenvalue weighted by molar-refractivity contribution is 8.02. The third kappa shape index (κ3) is 4.33. The number of hydrogen-bond acceptors (Lipinski definition) is 8. The second-order valence-corrected chi connectivity index (χ2v) is 12.2. The Morgan fingerprint density at radius 3 is 2.54 bits per heavy atom. The molecule has 1 saturated heterocycles. The Kier molecular flexibility index (Phi) is 5.87. The zero-order valence-corrected chi connectivity index (χ0v) is 21.7. The van der Waals surface area contributed by atoms with Crippen molar-refractivity contribution >= 4 is 71.9 Å². The van der Waals surface area contributed by atoms with Gasteiger partial charge in [-0.05, 0) is 42.0 Å². The van der Waals surface area contributed by atoms with E-state index in [2.05, 4.69) is 0 Å².